The molecule has 0 bridgehead atoms. The Kier molecular flexibility index (Phi) is 4.27. The van der Waals surface area contributed by atoms with Crippen LogP contribution in [0.1, 0.15) is 28.8 Å². The number of amides is 2. The topological polar surface area (TPSA) is 75.4 Å². The highest BCUT2D eigenvalue weighted by Crippen LogP contribution is 2.21. The van der Waals surface area contributed by atoms with Crippen molar-refractivity contribution < 1.29 is 9.59 Å². The molecule has 0 atom stereocenters. The van der Waals surface area contributed by atoms with E-state index in [4.69, 9.17) is 5.73 Å². The molecule has 5 nitrogen and oxygen atoms in total. The molecule has 0 aromatic heterocycles. The summed E-state index contributed by atoms with van der Waals surface area (Å²) in [6.07, 6.45) is 1.44. The molecule has 0 spiro atoms. The van der Waals surface area contributed by atoms with Gasteiger partial charge in [-0.15, -0.1) is 0 Å². The molecule has 1 aromatic carbocycles. The molecule has 1 aliphatic rings. The van der Waals surface area contributed by atoms with Crippen molar-refractivity contribution in [2.24, 2.45) is 5.92 Å². The van der Waals surface area contributed by atoms with Gasteiger partial charge in [0.05, 0.1) is 0 Å². The summed E-state index contributed by atoms with van der Waals surface area (Å²) in [7, 11) is 1.65. The number of carbonyl (C=O) groups excluding carboxylic acids is 2. The van der Waals surface area contributed by atoms with Gasteiger partial charge >= 0.3 is 0 Å². The number of hydrogen-bond acceptors (Lipinski definition) is 3. The Labute approximate surface area is 119 Å². The number of anilines is 1. The lowest BCUT2D eigenvalue weighted by atomic mass is 9.95. The highest BCUT2D eigenvalue weighted by atomic mass is 16.2. The van der Waals surface area contributed by atoms with Crippen LogP contribution in [-0.2, 0) is 4.79 Å². The van der Waals surface area contributed by atoms with Crippen LogP contribution >= 0.6 is 0 Å². The van der Waals surface area contributed by atoms with E-state index in [9.17, 15) is 9.59 Å². The molecule has 108 valence electrons. The van der Waals surface area contributed by atoms with Gasteiger partial charge in [-0.1, -0.05) is 0 Å². The maximum atomic E-state index is 12.5. The maximum absolute atomic E-state index is 12.5. The number of benzene rings is 1. The summed E-state index contributed by atoms with van der Waals surface area (Å²) in [6, 6.07) is 5.33. The van der Waals surface area contributed by atoms with Gasteiger partial charge in [0.2, 0.25) is 5.91 Å². The number of nitrogens with two attached hydrogens (primary N) is 1. The zero-order valence-electron chi connectivity index (χ0n) is 12.0. The van der Waals surface area contributed by atoms with Gasteiger partial charge in [-0.25, -0.2) is 0 Å². The molecule has 20 heavy (non-hydrogen) atoms. The first kappa shape index (κ1) is 14.4. The van der Waals surface area contributed by atoms with Gasteiger partial charge in [0.15, 0.2) is 0 Å². The molecular weight excluding hydrogens is 254 g/mol. The van der Waals surface area contributed by atoms with Gasteiger partial charge in [-0.3, -0.25) is 9.59 Å². The molecule has 1 heterocycles. The van der Waals surface area contributed by atoms with Crippen molar-refractivity contribution in [1.82, 2.24) is 10.2 Å². The number of nitrogens with zero attached hydrogens (tertiary/aromatic N) is 1. The van der Waals surface area contributed by atoms with Crippen LogP contribution < -0.4 is 11.1 Å². The zero-order chi connectivity index (χ0) is 14.7. The van der Waals surface area contributed by atoms with E-state index in [2.05, 4.69) is 5.32 Å². The molecule has 2 amide bonds. The fourth-order valence-corrected chi connectivity index (χ4v) is 2.65. The fourth-order valence-electron chi connectivity index (χ4n) is 2.65. The third kappa shape index (κ3) is 2.92. The zero-order valence-corrected chi connectivity index (χ0v) is 12.0. The number of nitrogen functional groups attached to an aromatic ring is 1. The van der Waals surface area contributed by atoms with Gasteiger partial charge < -0.3 is 16.0 Å². The van der Waals surface area contributed by atoms with E-state index in [-0.39, 0.29) is 17.7 Å². The van der Waals surface area contributed by atoms with Crippen molar-refractivity contribution in [3.8, 4) is 0 Å². The van der Waals surface area contributed by atoms with Crippen molar-refractivity contribution in [3.05, 3.63) is 29.3 Å². The average molecular weight is 275 g/mol. The van der Waals surface area contributed by atoms with Crippen LogP contribution in [0.3, 0.4) is 0 Å². The lowest BCUT2D eigenvalue weighted by molar-refractivity contribution is -0.125. The average Bonchev–Trinajstić information content (AvgIpc) is 2.46. The first-order valence-electron chi connectivity index (χ1n) is 6.90. The van der Waals surface area contributed by atoms with Crippen LogP contribution in [0.2, 0.25) is 0 Å². The van der Waals surface area contributed by atoms with Crippen molar-refractivity contribution in [2.45, 2.75) is 19.8 Å². The second-order valence-electron chi connectivity index (χ2n) is 5.26. The van der Waals surface area contributed by atoms with Crippen molar-refractivity contribution in [1.29, 1.82) is 0 Å². The van der Waals surface area contributed by atoms with Gasteiger partial charge in [-0.05, 0) is 43.5 Å². The summed E-state index contributed by atoms with van der Waals surface area (Å²) in [5.74, 6) is 0.121. The van der Waals surface area contributed by atoms with E-state index in [1.54, 1.807) is 19.2 Å². The largest absolute Gasteiger partial charge is 0.399 e. The number of carbonyl (C=O) groups is 2. The van der Waals surface area contributed by atoms with Crippen LogP contribution in [0.5, 0.6) is 0 Å². The molecule has 2 rings (SSSR count). The Morgan fingerprint density at radius 1 is 1.30 bits per heavy atom. The van der Waals surface area contributed by atoms with Crippen LogP contribution in [0.25, 0.3) is 0 Å². The predicted octanol–water partition coefficient (Wildman–Crippen LogP) is 1.18. The van der Waals surface area contributed by atoms with Crippen LogP contribution in [0.4, 0.5) is 5.69 Å². The number of aryl methyl sites for hydroxylation is 1. The van der Waals surface area contributed by atoms with Crippen LogP contribution in [-0.4, -0.2) is 36.9 Å². The molecule has 1 aromatic rings. The van der Waals surface area contributed by atoms with E-state index in [0.29, 0.717) is 24.3 Å². The summed E-state index contributed by atoms with van der Waals surface area (Å²) < 4.78 is 0. The van der Waals surface area contributed by atoms with Crippen LogP contribution in [0.15, 0.2) is 18.2 Å². The number of rotatable bonds is 2. The monoisotopic (exact) mass is 275 g/mol. The Bertz CT molecular complexity index is 520. The summed E-state index contributed by atoms with van der Waals surface area (Å²) in [4.78, 5) is 25.9. The van der Waals surface area contributed by atoms with Gasteiger partial charge in [0.1, 0.15) is 0 Å². The summed E-state index contributed by atoms with van der Waals surface area (Å²) in [5, 5.41) is 2.67. The molecule has 0 aliphatic carbocycles. The van der Waals surface area contributed by atoms with E-state index in [1.165, 1.54) is 0 Å². The molecule has 1 fully saturated rings. The fraction of sp³-hybridized carbons (Fsp3) is 0.467. The molecule has 0 radical (unpaired) electrons. The maximum Gasteiger partial charge on any atom is 0.254 e. The second-order valence-corrected chi connectivity index (χ2v) is 5.26. The standard InChI is InChI=1S/C15H21N3O2/c1-10-9-12(16)3-4-13(10)15(20)18-7-5-11(6-8-18)14(19)17-2/h3-4,9,11H,5-8,16H2,1-2H3,(H,17,19). The van der Waals surface area contributed by atoms with Crippen molar-refractivity contribution in [2.75, 3.05) is 25.9 Å². The Morgan fingerprint density at radius 3 is 2.50 bits per heavy atom. The van der Waals surface area contributed by atoms with E-state index in [0.717, 1.165) is 18.4 Å². The first-order chi connectivity index (χ1) is 9.52. The second kappa shape index (κ2) is 5.94. The lowest BCUT2D eigenvalue weighted by Crippen LogP contribution is -2.42. The molecule has 0 unspecified atom stereocenters. The number of nitrogens with one attached hydrogen (secondary N) is 1. The Hall–Kier alpha value is -2.04. The van der Waals surface area contributed by atoms with E-state index >= 15 is 0 Å². The molecular formula is C15H21N3O2. The molecule has 3 N–H and O–H groups in total. The first-order valence-corrected chi connectivity index (χ1v) is 6.90. The Morgan fingerprint density at radius 2 is 1.95 bits per heavy atom. The summed E-state index contributed by atoms with van der Waals surface area (Å²) >= 11 is 0. The summed E-state index contributed by atoms with van der Waals surface area (Å²) in [6.45, 7) is 3.14. The SMILES string of the molecule is CNC(=O)C1CCN(C(=O)c2ccc(N)cc2C)CC1. The quantitative estimate of drug-likeness (QED) is 0.796. The normalized spacial score (nSPS) is 16.0. The third-order valence-electron chi connectivity index (χ3n) is 3.88. The van der Waals surface area contributed by atoms with Gasteiger partial charge in [0, 0.05) is 37.3 Å². The molecule has 1 aliphatic heterocycles. The minimum atomic E-state index is 0.0246. The van der Waals surface area contributed by atoms with Gasteiger partial charge in [0.25, 0.3) is 5.91 Å². The number of likely N-dealkylation sites (tertiary alicyclic amines) is 1. The minimum absolute atomic E-state index is 0.0246. The van der Waals surface area contributed by atoms with E-state index in [1.807, 2.05) is 17.9 Å². The molecule has 5 heteroatoms. The third-order valence-corrected chi connectivity index (χ3v) is 3.88. The van der Waals surface area contributed by atoms with Crippen molar-refractivity contribution in [3.63, 3.8) is 0 Å². The van der Waals surface area contributed by atoms with Crippen LogP contribution in [0, 0.1) is 12.8 Å². The highest BCUT2D eigenvalue weighted by Gasteiger charge is 2.27. The number of hydrogen-bond donors (Lipinski definition) is 2. The summed E-state index contributed by atoms with van der Waals surface area (Å²) in [5.41, 5.74) is 7.95. The minimum Gasteiger partial charge on any atom is -0.399 e. The smallest absolute Gasteiger partial charge is 0.254 e. The molecule has 0 saturated carbocycles. The predicted molar refractivity (Wildman–Crippen MR) is 78.3 cm³/mol. The highest BCUT2D eigenvalue weighted by molar-refractivity contribution is 5.96. The van der Waals surface area contributed by atoms with E-state index < -0.39 is 0 Å². The van der Waals surface area contributed by atoms with Crippen molar-refractivity contribution >= 4 is 17.5 Å². The Balaban J connectivity index is 2.03. The number of piperidine rings is 1. The van der Waals surface area contributed by atoms with Gasteiger partial charge in [-0.2, -0.15) is 0 Å². The molecule has 1 saturated heterocycles. The lowest BCUT2D eigenvalue weighted by Gasteiger charge is -2.31.